The SMILES string of the molecule is Cn1cc(-c2cc(-c3ccc(N4CCN(C(=O)c5cnccn5)CC4)nc3)c3c(C#N)cnn3c2)cn1.O=C(O)C(F)(F)F. The number of aromatic nitrogens is 7. The van der Waals surface area contributed by atoms with Gasteiger partial charge in [-0.2, -0.15) is 28.6 Å². The third-order valence-corrected chi connectivity index (χ3v) is 6.74. The molecule has 44 heavy (non-hydrogen) atoms. The summed E-state index contributed by atoms with van der Waals surface area (Å²) < 4.78 is 35.2. The van der Waals surface area contributed by atoms with Gasteiger partial charge in [0.2, 0.25) is 0 Å². The second kappa shape index (κ2) is 12.2. The first kappa shape index (κ1) is 29.6. The maximum atomic E-state index is 12.7. The predicted octanol–water partition coefficient (Wildman–Crippen LogP) is 3.05. The van der Waals surface area contributed by atoms with E-state index in [1.165, 1.54) is 12.4 Å². The minimum absolute atomic E-state index is 0.109. The van der Waals surface area contributed by atoms with Crippen molar-refractivity contribution in [2.75, 3.05) is 31.1 Å². The summed E-state index contributed by atoms with van der Waals surface area (Å²) in [5.41, 5.74) is 5.24. The number of nitriles is 1. The van der Waals surface area contributed by atoms with E-state index in [1.807, 2.05) is 43.8 Å². The van der Waals surface area contributed by atoms with Crippen LogP contribution >= 0.6 is 0 Å². The molecule has 13 nitrogen and oxygen atoms in total. The quantitative estimate of drug-likeness (QED) is 0.323. The van der Waals surface area contributed by atoms with Crippen molar-refractivity contribution in [1.29, 1.82) is 5.26 Å². The van der Waals surface area contributed by atoms with Crippen LogP contribution in [0.25, 0.3) is 27.8 Å². The van der Waals surface area contributed by atoms with Gasteiger partial charge in [0.15, 0.2) is 0 Å². The smallest absolute Gasteiger partial charge is 0.475 e. The zero-order valence-electron chi connectivity index (χ0n) is 23.0. The Morgan fingerprint density at radius 1 is 0.932 bits per heavy atom. The number of piperazine rings is 1. The molecule has 6 heterocycles. The van der Waals surface area contributed by atoms with Gasteiger partial charge in [0.1, 0.15) is 17.6 Å². The molecule has 6 rings (SSSR count). The summed E-state index contributed by atoms with van der Waals surface area (Å²) in [7, 11) is 1.87. The largest absolute Gasteiger partial charge is 0.490 e. The Kier molecular flexibility index (Phi) is 8.20. The van der Waals surface area contributed by atoms with Gasteiger partial charge in [-0.25, -0.2) is 19.3 Å². The standard InChI is InChI=1S/C26H22N10O.C2HF3O2/c1-33-16-21(14-31-33)19-10-22(25-20(11-27)13-32-36(25)17-19)18-2-3-24(30-12-18)34-6-8-35(9-7-34)26(37)23-15-28-4-5-29-23;3-2(4,5)1(6)7/h2-5,10,12-17H,6-9H2,1H3;(H,6,7). The lowest BCUT2D eigenvalue weighted by Gasteiger charge is -2.35. The van der Waals surface area contributed by atoms with Crippen LogP contribution in [0.5, 0.6) is 0 Å². The fraction of sp³-hybridized carbons (Fsp3) is 0.214. The number of amides is 1. The molecule has 5 aromatic rings. The molecule has 1 aliphatic rings. The molecule has 224 valence electrons. The number of hydrogen-bond acceptors (Lipinski definition) is 9. The minimum Gasteiger partial charge on any atom is -0.475 e. The van der Waals surface area contributed by atoms with Crippen molar-refractivity contribution < 1.29 is 27.9 Å². The second-order valence-corrected chi connectivity index (χ2v) is 9.59. The minimum atomic E-state index is -5.08. The molecule has 1 amide bonds. The van der Waals surface area contributed by atoms with Crippen LogP contribution in [0.1, 0.15) is 16.1 Å². The number of halogens is 3. The number of hydrogen-bond donors (Lipinski definition) is 1. The van der Waals surface area contributed by atoms with Gasteiger partial charge in [-0.15, -0.1) is 0 Å². The lowest BCUT2D eigenvalue weighted by atomic mass is 10.0. The molecule has 0 unspecified atom stereocenters. The molecule has 1 saturated heterocycles. The Bertz CT molecular complexity index is 1840. The fourth-order valence-corrected chi connectivity index (χ4v) is 4.59. The van der Waals surface area contributed by atoms with Crippen LogP contribution in [0.2, 0.25) is 0 Å². The summed E-state index contributed by atoms with van der Waals surface area (Å²) >= 11 is 0. The van der Waals surface area contributed by atoms with Gasteiger partial charge in [-0.1, -0.05) is 0 Å². The van der Waals surface area contributed by atoms with E-state index in [0.717, 1.165) is 33.6 Å². The summed E-state index contributed by atoms with van der Waals surface area (Å²) in [6, 6.07) is 8.27. The van der Waals surface area contributed by atoms with E-state index in [-0.39, 0.29) is 5.91 Å². The van der Waals surface area contributed by atoms with Crippen LogP contribution < -0.4 is 4.90 Å². The number of fused-ring (bicyclic) bond motifs is 1. The Balaban J connectivity index is 0.000000493. The molecule has 0 saturated carbocycles. The van der Waals surface area contributed by atoms with Crippen molar-refractivity contribution in [3.05, 3.63) is 79.0 Å². The van der Waals surface area contributed by atoms with Gasteiger partial charge >= 0.3 is 12.1 Å². The average Bonchev–Trinajstić information content (AvgIpc) is 3.66. The lowest BCUT2D eigenvalue weighted by molar-refractivity contribution is -0.192. The van der Waals surface area contributed by atoms with Crippen molar-refractivity contribution in [1.82, 2.24) is 39.2 Å². The summed E-state index contributed by atoms with van der Waals surface area (Å²) in [6.45, 7) is 2.49. The van der Waals surface area contributed by atoms with E-state index >= 15 is 0 Å². The van der Waals surface area contributed by atoms with Gasteiger partial charge in [-0.05, 0) is 18.2 Å². The highest BCUT2D eigenvalue weighted by atomic mass is 19.4. The van der Waals surface area contributed by atoms with Crippen LogP contribution in [0.3, 0.4) is 0 Å². The molecule has 5 aromatic heterocycles. The van der Waals surface area contributed by atoms with Gasteiger partial charge in [0.25, 0.3) is 5.91 Å². The van der Waals surface area contributed by atoms with E-state index in [0.29, 0.717) is 37.4 Å². The number of nitrogens with zero attached hydrogens (tertiary/aromatic N) is 10. The number of alkyl halides is 3. The van der Waals surface area contributed by atoms with Crippen LogP contribution in [0, 0.1) is 11.3 Å². The molecule has 0 aliphatic carbocycles. The van der Waals surface area contributed by atoms with E-state index in [9.17, 15) is 23.2 Å². The maximum absolute atomic E-state index is 12.7. The molecule has 0 atom stereocenters. The van der Waals surface area contributed by atoms with Gasteiger partial charge in [-0.3, -0.25) is 14.5 Å². The highest BCUT2D eigenvalue weighted by molar-refractivity contribution is 5.92. The van der Waals surface area contributed by atoms with Crippen LogP contribution in [-0.2, 0) is 11.8 Å². The molecular weight excluding hydrogens is 581 g/mol. The summed E-state index contributed by atoms with van der Waals surface area (Å²) in [5, 5.41) is 25.5. The molecule has 0 radical (unpaired) electrons. The number of carbonyl (C=O) groups is 2. The van der Waals surface area contributed by atoms with Crippen molar-refractivity contribution in [3.63, 3.8) is 0 Å². The zero-order valence-corrected chi connectivity index (χ0v) is 23.0. The number of carboxylic acids is 1. The molecule has 0 aromatic carbocycles. The van der Waals surface area contributed by atoms with Crippen molar-refractivity contribution in [2.24, 2.45) is 7.05 Å². The average molecular weight is 605 g/mol. The number of aryl methyl sites for hydroxylation is 1. The molecule has 0 bridgehead atoms. The second-order valence-electron chi connectivity index (χ2n) is 9.59. The molecule has 1 N–H and O–H groups in total. The van der Waals surface area contributed by atoms with Crippen LogP contribution in [0.4, 0.5) is 19.0 Å². The Labute approximate surface area is 247 Å². The number of rotatable bonds is 4. The number of anilines is 1. The topological polar surface area (TPSA) is 158 Å². The first-order valence-electron chi connectivity index (χ1n) is 13.0. The Morgan fingerprint density at radius 3 is 2.25 bits per heavy atom. The third kappa shape index (κ3) is 6.31. The zero-order chi connectivity index (χ0) is 31.4. The molecule has 16 heteroatoms. The summed E-state index contributed by atoms with van der Waals surface area (Å²) in [5.74, 6) is -2.03. The highest BCUT2D eigenvalue weighted by Crippen LogP contribution is 2.32. The number of carbonyl (C=O) groups excluding carboxylic acids is 1. The normalized spacial score (nSPS) is 13.2. The molecule has 1 fully saturated rings. The first-order valence-corrected chi connectivity index (χ1v) is 13.0. The van der Waals surface area contributed by atoms with Crippen molar-refractivity contribution in [2.45, 2.75) is 6.18 Å². The Hall–Kier alpha value is -5.85. The van der Waals surface area contributed by atoms with Gasteiger partial charge in [0, 0.05) is 86.5 Å². The monoisotopic (exact) mass is 604 g/mol. The van der Waals surface area contributed by atoms with E-state index in [1.54, 1.807) is 32.7 Å². The van der Waals surface area contributed by atoms with E-state index < -0.39 is 12.1 Å². The number of aliphatic carboxylic acids is 1. The molecular formula is C28H23F3N10O3. The molecule has 1 aliphatic heterocycles. The fourth-order valence-electron chi connectivity index (χ4n) is 4.59. The van der Waals surface area contributed by atoms with E-state index in [4.69, 9.17) is 14.9 Å². The van der Waals surface area contributed by atoms with Crippen LogP contribution in [-0.4, -0.2) is 88.6 Å². The first-order chi connectivity index (χ1) is 21.0. The number of carboxylic acid groups (broad SMARTS) is 1. The maximum Gasteiger partial charge on any atom is 0.490 e. The molecule has 0 spiro atoms. The highest BCUT2D eigenvalue weighted by Gasteiger charge is 2.38. The third-order valence-electron chi connectivity index (χ3n) is 6.74. The Morgan fingerprint density at radius 2 is 1.68 bits per heavy atom. The lowest BCUT2D eigenvalue weighted by Crippen LogP contribution is -2.49. The van der Waals surface area contributed by atoms with Crippen LogP contribution in [0.15, 0.2) is 67.8 Å². The van der Waals surface area contributed by atoms with E-state index in [2.05, 4.69) is 31.1 Å². The van der Waals surface area contributed by atoms with Crippen molar-refractivity contribution in [3.8, 4) is 28.3 Å². The number of pyridine rings is 2. The van der Waals surface area contributed by atoms with Gasteiger partial charge < -0.3 is 14.9 Å². The summed E-state index contributed by atoms with van der Waals surface area (Å²) in [6.07, 6.45) is 8.54. The van der Waals surface area contributed by atoms with Gasteiger partial charge in [0.05, 0.1) is 29.7 Å². The predicted molar refractivity (Wildman–Crippen MR) is 149 cm³/mol. The van der Waals surface area contributed by atoms with Crippen molar-refractivity contribution >= 4 is 23.2 Å². The summed E-state index contributed by atoms with van der Waals surface area (Å²) in [4.78, 5) is 38.3.